The van der Waals surface area contributed by atoms with E-state index in [4.69, 9.17) is 5.73 Å². The standard InChI is InChI=1S/C11H14BrN/c1-2-8-3-4-9(12)7-10(8)11(13)5-6-11/h3-4,7H,2,5-6,13H2,1H3. The predicted molar refractivity (Wildman–Crippen MR) is 58.6 cm³/mol. The molecule has 0 radical (unpaired) electrons. The molecule has 1 aromatic rings. The smallest absolute Gasteiger partial charge is 0.0414 e. The molecule has 0 saturated heterocycles. The number of nitrogens with two attached hydrogens (primary N) is 1. The predicted octanol–water partition coefficient (Wildman–Crippen LogP) is 2.96. The van der Waals surface area contributed by atoms with Gasteiger partial charge in [0.1, 0.15) is 0 Å². The maximum atomic E-state index is 6.19. The molecule has 0 bridgehead atoms. The summed E-state index contributed by atoms with van der Waals surface area (Å²) < 4.78 is 1.14. The van der Waals surface area contributed by atoms with E-state index in [2.05, 4.69) is 41.1 Å². The first-order valence-electron chi connectivity index (χ1n) is 4.73. The second kappa shape index (κ2) is 3.10. The zero-order chi connectivity index (χ0) is 9.47. The molecule has 2 heteroatoms. The minimum absolute atomic E-state index is 0.00484. The van der Waals surface area contributed by atoms with Crippen LogP contribution in [0.2, 0.25) is 0 Å². The Hall–Kier alpha value is -0.340. The van der Waals surface area contributed by atoms with E-state index in [1.807, 2.05) is 0 Å². The van der Waals surface area contributed by atoms with Crippen molar-refractivity contribution in [2.45, 2.75) is 31.7 Å². The molecular formula is C11H14BrN. The van der Waals surface area contributed by atoms with Gasteiger partial charge in [0.05, 0.1) is 0 Å². The van der Waals surface area contributed by atoms with Gasteiger partial charge < -0.3 is 5.73 Å². The molecule has 1 saturated carbocycles. The van der Waals surface area contributed by atoms with E-state index in [1.54, 1.807) is 0 Å². The van der Waals surface area contributed by atoms with E-state index in [0.29, 0.717) is 0 Å². The Kier molecular flexibility index (Phi) is 2.20. The number of aryl methyl sites for hydroxylation is 1. The molecule has 13 heavy (non-hydrogen) atoms. The van der Waals surface area contributed by atoms with Gasteiger partial charge >= 0.3 is 0 Å². The van der Waals surface area contributed by atoms with Gasteiger partial charge in [-0.2, -0.15) is 0 Å². The van der Waals surface area contributed by atoms with Gasteiger partial charge in [-0.1, -0.05) is 28.9 Å². The number of hydrogen-bond donors (Lipinski definition) is 1. The number of hydrogen-bond acceptors (Lipinski definition) is 1. The highest BCUT2D eigenvalue weighted by Gasteiger charge is 2.41. The van der Waals surface area contributed by atoms with Crippen LogP contribution in [0.5, 0.6) is 0 Å². The van der Waals surface area contributed by atoms with Gasteiger partial charge in [0.2, 0.25) is 0 Å². The molecule has 1 aliphatic rings. The fourth-order valence-corrected chi connectivity index (χ4v) is 2.09. The van der Waals surface area contributed by atoms with Crippen LogP contribution < -0.4 is 5.73 Å². The number of benzene rings is 1. The van der Waals surface area contributed by atoms with Crippen LogP contribution in [0.25, 0.3) is 0 Å². The first-order valence-corrected chi connectivity index (χ1v) is 5.53. The normalized spacial score (nSPS) is 18.7. The van der Waals surface area contributed by atoms with E-state index >= 15 is 0 Å². The van der Waals surface area contributed by atoms with Crippen molar-refractivity contribution >= 4 is 15.9 Å². The summed E-state index contributed by atoms with van der Waals surface area (Å²) in [6.07, 6.45) is 3.34. The van der Waals surface area contributed by atoms with E-state index in [0.717, 1.165) is 23.7 Å². The van der Waals surface area contributed by atoms with Crippen LogP contribution in [0.3, 0.4) is 0 Å². The quantitative estimate of drug-likeness (QED) is 0.844. The molecule has 1 nitrogen and oxygen atoms in total. The molecule has 0 spiro atoms. The molecule has 1 aromatic carbocycles. The van der Waals surface area contributed by atoms with Crippen LogP contribution >= 0.6 is 15.9 Å². The third kappa shape index (κ3) is 1.65. The molecule has 0 heterocycles. The minimum atomic E-state index is -0.00484. The summed E-state index contributed by atoms with van der Waals surface area (Å²) in [5.41, 5.74) is 8.92. The Morgan fingerprint density at radius 2 is 2.15 bits per heavy atom. The third-order valence-electron chi connectivity index (χ3n) is 2.78. The van der Waals surface area contributed by atoms with Crippen molar-refractivity contribution in [1.29, 1.82) is 0 Å². The largest absolute Gasteiger partial charge is 0.321 e. The van der Waals surface area contributed by atoms with Crippen molar-refractivity contribution in [2.24, 2.45) is 5.73 Å². The van der Waals surface area contributed by atoms with Crippen molar-refractivity contribution in [3.63, 3.8) is 0 Å². The summed E-state index contributed by atoms with van der Waals surface area (Å²) in [7, 11) is 0. The van der Waals surface area contributed by atoms with Gasteiger partial charge in [-0.15, -0.1) is 0 Å². The summed E-state index contributed by atoms with van der Waals surface area (Å²) in [6.45, 7) is 2.18. The number of halogens is 1. The summed E-state index contributed by atoms with van der Waals surface area (Å²) in [6, 6.07) is 6.44. The Morgan fingerprint density at radius 1 is 1.46 bits per heavy atom. The molecule has 0 unspecified atom stereocenters. The highest BCUT2D eigenvalue weighted by Crippen LogP contribution is 2.44. The highest BCUT2D eigenvalue weighted by atomic mass is 79.9. The van der Waals surface area contributed by atoms with Gasteiger partial charge in [-0.25, -0.2) is 0 Å². The maximum Gasteiger partial charge on any atom is 0.0414 e. The monoisotopic (exact) mass is 239 g/mol. The molecule has 70 valence electrons. The zero-order valence-corrected chi connectivity index (χ0v) is 9.39. The Bertz CT molecular complexity index is 329. The van der Waals surface area contributed by atoms with E-state index in [9.17, 15) is 0 Å². The summed E-state index contributed by atoms with van der Waals surface area (Å²) in [5.74, 6) is 0. The molecule has 1 fully saturated rings. The second-order valence-electron chi connectivity index (χ2n) is 3.81. The van der Waals surface area contributed by atoms with Crippen LogP contribution in [-0.4, -0.2) is 0 Å². The van der Waals surface area contributed by atoms with Crippen molar-refractivity contribution in [1.82, 2.24) is 0 Å². The molecule has 0 aliphatic heterocycles. The fraction of sp³-hybridized carbons (Fsp3) is 0.455. The first kappa shape index (κ1) is 9.22. The zero-order valence-electron chi connectivity index (χ0n) is 7.81. The van der Waals surface area contributed by atoms with Gasteiger partial charge in [0.25, 0.3) is 0 Å². The fourth-order valence-electron chi connectivity index (χ4n) is 1.72. The molecule has 1 aliphatic carbocycles. The Balaban J connectivity index is 2.47. The first-order chi connectivity index (χ1) is 6.15. The van der Waals surface area contributed by atoms with Crippen molar-refractivity contribution < 1.29 is 0 Å². The summed E-state index contributed by atoms with van der Waals surface area (Å²) in [5, 5.41) is 0. The van der Waals surface area contributed by atoms with Gasteiger partial charge in [-0.05, 0) is 42.5 Å². The molecule has 0 amide bonds. The van der Waals surface area contributed by atoms with E-state index in [1.165, 1.54) is 11.1 Å². The third-order valence-corrected chi connectivity index (χ3v) is 3.27. The second-order valence-corrected chi connectivity index (χ2v) is 4.73. The maximum absolute atomic E-state index is 6.19. The van der Waals surface area contributed by atoms with Crippen LogP contribution in [0.4, 0.5) is 0 Å². The van der Waals surface area contributed by atoms with Crippen LogP contribution in [-0.2, 0) is 12.0 Å². The topological polar surface area (TPSA) is 26.0 Å². The molecule has 0 atom stereocenters. The average Bonchev–Trinajstić information content (AvgIpc) is 2.85. The SMILES string of the molecule is CCc1ccc(Br)cc1C1(N)CC1. The van der Waals surface area contributed by atoms with Crippen LogP contribution in [0.15, 0.2) is 22.7 Å². The Labute approximate surface area is 87.5 Å². The van der Waals surface area contributed by atoms with E-state index < -0.39 is 0 Å². The van der Waals surface area contributed by atoms with Crippen LogP contribution in [0.1, 0.15) is 30.9 Å². The lowest BCUT2D eigenvalue weighted by molar-refractivity contribution is 0.726. The van der Waals surface area contributed by atoms with Crippen molar-refractivity contribution in [3.8, 4) is 0 Å². The lowest BCUT2D eigenvalue weighted by Gasteiger charge is -2.14. The lowest BCUT2D eigenvalue weighted by Crippen LogP contribution is -2.20. The average molecular weight is 240 g/mol. The summed E-state index contributed by atoms with van der Waals surface area (Å²) in [4.78, 5) is 0. The number of rotatable bonds is 2. The van der Waals surface area contributed by atoms with Gasteiger partial charge in [-0.3, -0.25) is 0 Å². The van der Waals surface area contributed by atoms with Gasteiger partial charge in [0, 0.05) is 10.0 Å². The minimum Gasteiger partial charge on any atom is -0.321 e. The lowest BCUT2D eigenvalue weighted by atomic mass is 9.97. The van der Waals surface area contributed by atoms with Crippen molar-refractivity contribution in [2.75, 3.05) is 0 Å². The Morgan fingerprint density at radius 3 is 2.69 bits per heavy atom. The van der Waals surface area contributed by atoms with Crippen molar-refractivity contribution in [3.05, 3.63) is 33.8 Å². The molecule has 0 aromatic heterocycles. The molecular weight excluding hydrogens is 226 g/mol. The van der Waals surface area contributed by atoms with Gasteiger partial charge in [0.15, 0.2) is 0 Å². The molecule has 2 N–H and O–H groups in total. The van der Waals surface area contributed by atoms with E-state index in [-0.39, 0.29) is 5.54 Å². The molecule has 2 rings (SSSR count). The highest BCUT2D eigenvalue weighted by molar-refractivity contribution is 9.10. The summed E-state index contributed by atoms with van der Waals surface area (Å²) >= 11 is 3.49. The van der Waals surface area contributed by atoms with Crippen LogP contribution in [0, 0.1) is 0 Å².